The molecule has 3 nitrogen and oxygen atoms in total. The van der Waals surface area contributed by atoms with Gasteiger partial charge in [0.15, 0.2) is 6.29 Å². The van der Waals surface area contributed by atoms with E-state index in [4.69, 9.17) is 14.2 Å². The van der Waals surface area contributed by atoms with Crippen molar-refractivity contribution in [2.75, 3.05) is 13.2 Å². The molecule has 1 fully saturated rings. The monoisotopic (exact) mass is 208 g/mol. The van der Waals surface area contributed by atoms with Gasteiger partial charge in [-0.2, -0.15) is 0 Å². The van der Waals surface area contributed by atoms with Crippen molar-refractivity contribution in [3.8, 4) is 5.75 Å². The number of rotatable bonds is 4. The minimum Gasteiger partial charge on any atom is -0.491 e. The summed E-state index contributed by atoms with van der Waals surface area (Å²) in [5.41, 5.74) is 0. The lowest BCUT2D eigenvalue weighted by Crippen LogP contribution is -2.20. The van der Waals surface area contributed by atoms with Crippen LogP contribution in [0.1, 0.15) is 13.3 Å². The fourth-order valence-corrected chi connectivity index (χ4v) is 1.52. The van der Waals surface area contributed by atoms with Gasteiger partial charge in [-0.3, -0.25) is 0 Å². The standard InChI is InChI=1S/C12H16O3/c1-2-12-14-9-11(15-12)8-13-10-6-4-3-5-7-10/h3-7,11-12H,2,8-9H2,1H3. The molecular formula is C12H16O3. The average molecular weight is 208 g/mol. The fraction of sp³-hybridized carbons (Fsp3) is 0.500. The Morgan fingerprint density at radius 3 is 2.80 bits per heavy atom. The minimum atomic E-state index is -0.0469. The summed E-state index contributed by atoms with van der Waals surface area (Å²) < 4.78 is 16.6. The third kappa shape index (κ3) is 2.94. The van der Waals surface area contributed by atoms with Crippen molar-refractivity contribution >= 4 is 0 Å². The molecule has 0 saturated carbocycles. The van der Waals surface area contributed by atoms with Gasteiger partial charge in [-0.15, -0.1) is 0 Å². The fourth-order valence-electron chi connectivity index (χ4n) is 1.52. The molecule has 1 saturated heterocycles. The number of para-hydroxylation sites is 1. The van der Waals surface area contributed by atoms with Gasteiger partial charge in [0.2, 0.25) is 0 Å². The molecule has 0 N–H and O–H groups in total. The maximum Gasteiger partial charge on any atom is 0.158 e. The molecule has 0 aromatic heterocycles. The minimum absolute atomic E-state index is 0.0469. The molecular weight excluding hydrogens is 192 g/mol. The second-order valence-corrected chi connectivity index (χ2v) is 3.55. The quantitative estimate of drug-likeness (QED) is 0.759. The first-order chi connectivity index (χ1) is 7.38. The molecule has 15 heavy (non-hydrogen) atoms. The van der Waals surface area contributed by atoms with E-state index in [-0.39, 0.29) is 12.4 Å². The van der Waals surface area contributed by atoms with E-state index in [1.54, 1.807) is 0 Å². The van der Waals surface area contributed by atoms with E-state index in [2.05, 4.69) is 0 Å². The number of benzene rings is 1. The molecule has 1 aliphatic rings. The van der Waals surface area contributed by atoms with E-state index in [1.807, 2.05) is 37.3 Å². The van der Waals surface area contributed by atoms with Crippen LogP contribution in [0.3, 0.4) is 0 Å². The molecule has 0 bridgehead atoms. The Labute approximate surface area is 90.0 Å². The van der Waals surface area contributed by atoms with Crippen molar-refractivity contribution in [3.63, 3.8) is 0 Å². The van der Waals surface area contributed by atoms with Crippen molar-refractivity contribution in [1.82, 2.24) is 0 Å². The second kappa shape index (κ2) is 5.14. The molecule has 1 heterocycles. The Hall–Kier alpha value is -1.06. The molecule has 82 valence electrons. The largest absolute Gasteiger partial charge is 0.491 e. The van der Waals surface area contributed by atoms with Crippen LogP contribution in [0.4, 0.5) is 0 Å². The Morgan fingerprint density at radius 1 is 1.33 bits per heavy atom. The predicted octanol–water partition coefficient (Wildman–Crippen LogP) is 2.22. The second-order valence-electron chi connectivity index (χ2n) is 3.55. The highest BCUT2D eigenvalue weighted by atomic mass is 16.7. The highest BCUT2D eigenvalue weighted by Crippen LogP contribution is 2.16. The third-order valence-electron chi connectivity index (χ3n) is 2.32. The summed E-state index contributed by atoms with van der Waals surface area (Å²) in [6.45, 7) is 3.23. The van der Waals surface area contributed by atoms with E-state index in [0.717, 1.165) is 12.2 Å². The number of hydrogen-bond donors (Lipinski definition) is 0. The van der Waals surface area contributed by atoms with Crippen molar-refractivity contribution in [3.05, 3.63) is 30.3 Å². The molecule has 1 aromatic carbocycles. The smallest absolute Gasteiger partial charge is 0.158 e. The topological polar surface area (TPSA) is 27.7 Å². The molecule has 0 amide bonds. The van der Waals surface area contributed by atoms with E-state index in [0.29, 0.717) is 13.2 Å². The van der Waals surface area contributed by atoms with Gasteiger partial charge in [0, 0.05) is 0 Å². The first-order valence-corrected chi connectivity index (χ1v) is 5.33. The predicted molar refractivity (Wildman–Crippen MR) is 56.8 cm³/mol. The van der Waals surface area contributed by atoms with Gasteiger partial charge in [0.25, 0.3) is 0 Å². The van der Waals surface area contributed by atoms with Gasteiger partial charge in [-0.1, -0.05) is 25.1 Å². The molecule has 1 aliphatic heterocycles. The normalized spacial score (nSPS) is 25.4. The highest BCUT2D eigenvalue weighted by molar-refractivity contribution is 5.20. The summed E-state index contributed by atoms with van der Waals surface area (Å²) in [6, 6.07) is 9.75. The van der Waals surface area contributed by atoms with Gasteiger partial charge < -0.3 is 14.2 Å². The van der Waals surface area contributed by atoms with Crippen molar-refractivity contribution in [2.45, 2.75) is 25.7 Å². The van der Waals surface area contributed by atoms with Gasteiger partial charge in [0.05, 0.1) is 6.61 Å². The lowest BCUT2D eigenvalue weighted by Gasteiger charge is -2.11. The van der Waals surface area contributed by atoms with Crippen molar-refractivity contribution in [2.24, 2.45) is 0 Å². The lowest BCUT2D eigenvalue weighted by molar-refractivity contribution is -0.0642. The van der Waals surface area contributed by atoms with Crippen LogP contribution < -0.4 is 4.74 Å². The first kappa shape index (κ1) is 10.5. The van der Waals surface area contributed by atoms with E-state index in [9.17, 15) is 0 Å². The molecule has 0 spiro atoms. The zero-order valence-electron chi connectivity index (χ0n) is 8.89. The average Bonchev–Trinajstić information content (AvgIpc) is 2.76. The van der Waals surface area contributed by atoms with Gasteiger partial charge in [-0.25, -0.2) is 0 Å². The van der Waals surface area contributed by atoms with Crippen LogP contribution >= 0.6 is 0 Å². The molecule has 0 radical (unpaired) electrons. The maximum atomic E-state index is 5.59. The van der Waals surface area contributed by atoms with E-state index in [1.165, 1.54) is 0 Å². The third-order valence-corrected chi connectivity index (χ3v) is 2.32. The zero-order valence-corrected chi connectivity index (χ0v) is 8.89. The maximum absolute atomic E-state index is 5.59. The number of hydrogen-bond acceptors (Lipinski definition) is 3. The molecule has 2 unspecified atom stereocenters. The summed E-state index contributed by atoms with van der Waals surface area (Å²) in [5.74, 6) is 0.876. The Bertz CT molecular complexity index is 286. The molecule has 3 heteroatoms. The molecule has 2 atom stereocenters. The SMILES string of the molecule is CCC1OCC(COc2ccccc2)O1. The van der Waals surface area contributed by atoms with Crippen molar-refractivity contribution in [1.29, 1.82) is 0 Å². The first-order valence-electron chi connectivity index (χ1n) is 5.33. The summed E-state index contributed by atoms with van der Waals surface area (Å²) in [5, 5.41) is 0. The highest BCUT2D eigenvalue weighted by Gasteiger charge is 2.24. The molecule has 1 aromatic rings. The van der Waals surface area contributed by atoms with Gasteiger partial charge in [0.1, 0.15) is 18.5 Å². The zero-order chi connectivity index (χ0) is 10.5. The summed E-state index contributed by atoms with van der Waals surface area (Å²) in [6.07, 6.45) is 0.909. The van der Waals surface area contributed by atoms with E-state index >= 15 is 0 Å². The van der Waals surface area contributed by atoms with Crippen LogP contribution in [0.25, 0.3) is 0 Å². The Balaban J connectivity index is 1.75. The van der Waals surface area contributed by atoms with Gasteiger partial charge >= 0.3 is 0 Å². The Morgan fingerprint density at radius 2 is 2.13 bits per heavy atom. The summed E-state index contributed by atoms with van der Waals surface area (Å²) in [7, 11) is 0. The van der Waals surface area contributed by atoms with Crippen LogP contribution in [0.5, 0.6) is 5.75 Å². The number of ether oxygens (including phenoxy) is 3. The van der Waals surface area contributed by atoms with Crippen LogP contribution in [0, 0.1) is 0 Å². The van der Waals surface area contributed by atoms with Crippen LogP contribution in [-0.4, -0.2) is 25.6 Å². The van der Waals surface area contributed by atoms with Crippen molar-refractivity contribution < 1.29 is 14.2 Å². The van der Waals surface area contributed by atoms with Gasteiger partial charge in [-0.05, 0) is 18.6 Å². The Kier molecular flexibility index (Phi) is 3.59. The van der Waals surface area contributed by atoms with E-state index < -0.39 is 0 Å². The van der Waals surface area contributed by atoms with Crippen LogP contribution in [-0.2, 0) is 9.47 Å². The molecule has 2 rings (SSSR count). The van der Waals surface area contributed by atoms with Crippen LogP contribution in [0.2, 0.25) is 0 Å². The van der Waals surface area contributed by atoms with Crippen LogP contribution in [0.15, 0.2) is 30.3 Å². The summed E-state index contributed by atoms with van der Waals surface area (Å²) >= 11 is 0. The summed E-state index contributed by atoms with van der Waals surface area (Å²) in [4.78, 5) is 0. The lowest BCUT2D eigenvalue weighted by atomic mass is 10.3. The molecule has 0 aliphatic carbocycles.